The van der Waals surface area contributed by atoms with Gasteiger partial charge in [-0.3, -0.25) is 4.79 Å². The Hall–Kier alpha value is -1.96. The van der Waals surface area contributed by atoms with E-state index in [2.05, 4.69) is 40.8 Å². The number of aromatic nitrogens is 4. The molecule has 0 N–H and O–H groups in total. The van der Waals surface area contributed by atoms with Gasteiger partial charge in [0.15, 0.2) is 0 Å². The fourth-order valence-electron chi connectivity index (χ4n) is 2.19. The van der Waals surface area contributed by atoms with Crippen molar-refractivity contribution >= 4 is 27.6 Å². The Labute approximate surface area is 130 Å². The molecule has 3 heterocycles. The van der Waals surface area contributed by atoms with Crippen LogP contribution in [0.5, 0.6) is 0 Å². The van der Waals surface area contributed by atoms with Crippen molar-refractivity contribution in [1.82, 2.24) is 19.7 Å². The first-order valence-electron chi connectivity index (χ1n) is 6.53. The molecule has 0 spiro atoms. The van der Waals surface area contributed by atoms with Gasteiger partial charge in [-0.1, -0.05) is 0 Å². The van der Waals surface area contributed by atoms with Crippen LogP contribution in [-0.2, 0) is 7.05 Å². The van der Waals surface area contributed by atoms with E-state index in [0.717, 1.165) is 23.2 Å². The molecule has 1 aliphatic rings. The summed E-state index contributed by atoms with van der Waals surface area (Å²) in [6.07, 6.45) is 5.19. The molecular weight excluding hydrogens is 336 g/mol. The van der Waals surface area contributed by atoms with Crippen LogP contribution in [0.3, 0.4) is 0 Å². The molecule has 1 fully saturated rings. The van der Waals surface area contributed by atoms with Crippen LogP contribution >= 0.6 is 15.9 Å². The van der Waals surface area contributed by atoms with Crippen LogP contribution < -0.4 is 15.4 Å². The van der Waals surface area contributed by atoms with Gasteiger partial charge in [-0.15, -0.1) is 0 Å². The van der Waals surface area contributed by atoms with E-state index < -0.39 is 0 Å². The minimum atomic E-state index is -0.0967. The predicted molar refractivity (Wildman–Crippen MR) is 83.6 cm³/mol. The van der Waals surface area contributed by atoms with Crippen molar-refractivity contribution in [3.63, 3.8) is 0 Å². The Morgan fingerprint density at radius 2 is 1.95 bits per heavy atom. The van der Waals surface area contributed by atoms with Gasteiger partial charge in [0, 0.05) is 45.6 Å². The summed E-state index contributed by atoms with van der Waals surface area (Å²) in [7, 11) is 3.62. The van der Waals surface area contributed by atoms with Crippen molar-refractivity contribution < 1.29 is 0 Å². The molecule has 3 rings (SSSR count). The summed E-state index contributed by atoms with van der Waals surface area (Å²) in [5.74, 6) is 0.699. The first kappa shape index (κ1) is 14.0. The normalized spacial score (nSPS) is 14.9. The number of hydrogen-bond acceptors (Lipinski definition) is 6. The third-order valence-corrected chi connectivity index (χ3v) is 4.06. The van der Waals surface area contributed by atoms with Crippen molar-refractivity contribution in [2.24, 2.45) is 7.05 Å². The average Bonchev–Trinajstić information content (AvgIpc) is 2.42. The lowest BCUT2D eigenvalue weighted by molar-refractivity contribution is 0.488. The number of rotatable bonds is 3. The van der Waals surface area contributed by atoms with E-state index in [4.69, 9.17) is 0 Å². The minimum absolute atomic E-state index is 0.0967. The van der Waals surface area contributed by atoms with Crippen LogP contribution in [0, 0.1) is 0 Å². The molecule has 1 aliphatic heterocycles. The number of halogens is 1. The molecule has 0 aromatic carbocycles. The van der Waals surface area contributed by atoms with Crippen LogP contribution in [-0.4, -0.2) is 45.9 Å². The van der Waals surface area contributed by atoms with Crippen LogP contribution in [0.2, 0.25) is 0 Å². The van der Waals surface area contributed by atoms with Gasteiger partial charge >= 0.3 is 0 Å². The Bertz CT molecular complexity index is 695. The molecule has 0 aliphatic carbocycles. The van der Waals surface area contributed by atoms with Gasteiger partial charge in [-0.25, -0.2) is 14.6 Å². The van der Waals surface area contributed by atoms with Gasteiger partial charge < -0.3 is 9.80 Å². The lowest BCUT2D eigenvalue weighted by Gasteiger charge is -2.45. The quantitative estimate of drug-likeness (QED) is 0.809. The Morgan fingerprint density at radius 3 is 2.57 bits per heavy atom. The standard InChI is InChI=1S/C13H15BrN6O/c1-18(13-15-4-9(14)5-16-13)11-7-20(8-11)10-3-12(21)19(2)17-6-10/h3-6,11H,7-8H2,1-2H3. The second-order valence-corrected chi connectivity index (χ2v) is 5.96. The predicted octanol–water partition coefficient (Wildman–Crippen LogP) is 0.658. The molecule has 0 unspecified atom stereocenters. The Balaban J connectivity index is 1.66. The molecule has 7 nitrogen and oxygen atoms in total. The highest BCUT2D eigenvalue weighted by Gasteiger charge is 2.31. The molecule has 0 radical (unpaired) electrons. The van der Waals surface area contributed by atoms with Crippen LogP contribution in [0.1, 0.15) is 0 Å². The van der Waals surface area contributed by atoms with Gasteiger partial charge in [-0.05, 0) is 15.9 Å². The first-order chi connectivity index (χ1) is 10.0. The minimum Gasteiger partial charge on any atom is -0.366 e. The largest absolute Gasteiger partial charge is 0.366 e. The summed E-state index contributed by atoms with van der Waals surface area (Å²) in [5.41, 5.74) is 0.764. The number of aryl methyl sites for hydroxylation is 1. The van der Waals surface area contributed by atoms with Crippen LogP contribution in [0.15, 0.2) is 33.9 Å². The smallest absolute Gasteiger partial charge is 0.268 e. The second-order valence-electron chi connectivity index (χ2n) is 5.05. The Morgan fingerprint density at radius 1 is 1.29 bits per heavy atom. The third kappa shape index (κ3) is 2.76. The van der Waals surface area contributed by atoms with E-state index in [1.165, 1.54) is 4.68 Å². The number of nitrogens with zero attached hydrogens (tertiary/aromatic N) is 6. The zero-order valence-electron chi connectivity index (χ0n) is 11.8. The van der Waals surface area contributed by atoms with E-state index in [1.54, 1.807) is 31.7 Å². The maximum Gasteiger partial charge on any atom is 0.268 e. The topological polar surface area (TPSA) is 67.2 Å². The van der Waals surface area contributed by atoms with E-state index in [0.29, 0.717) is 12.0 Å². The van der Waals surface area contributed by atoms with Crippen molar-refractivity contribution in [3.05, 3.63) is 39.5 Å². The molecule has 8 heteroatoms. The summed E-state index contributed by atoms with van der Waals surface area (Å²) >= 11 is 3.33. The molecule has 0 amide bonds. The van der Waals surface area contributed by atoms with E-state index in [9.17, 15) is 4.79 Å². The summed E-state index contributed by atoms with van der Waals surface area (Å²) in [5, 5.41) is 4.04. The molecule has 21 heavy (non-hydrogen) atoms. The second kappa shape index (κ2) is 5.44. The Kier molecular flexibility index (Phi) is 3.62. The van der Waals surface area contributed by atoms with Crippen molar-refractivity contribution in [1.29, 1.82) is 0 Å². The van der Waals surface area contributed by atoms with Gasteiger partial charge in [-0.2, -0.15) is 5.10 Å². The van der Waals surface area contributed by atoms with Crippen molar-refractivity contribution in [2.75, 3.05) is 29.9 Å². The molecule has 0 bridgehead atoms. The molecule has 0 atom stereocenters. The number of hydrogen-bond donors (Lipinski definition) is 0. The summed E-state index contributed by atoms with van der Waals surface area (Å²) in [6, 6.07) is 1.94. The fraction of sp³-hybridized carbons (Fsp3) is 0.385. The zero-order valence-corrected chi connectivity index (χ0v) is 13.4. The lowest BCUT2D eigenvalue weighted by Crippen LogP contribution is -2.59. The third-order valence-electron chi connectivity index (χ3n) is 3.65. The van der Waals surface area contributed by atoms with E-state index in [-0.39, 0.29) is 5.56 Å². The van der Waals surface area contributed by atoms with Crippen molar-refractivity contribution in [3.8, 4) is 0 Å². The highest BCUT2D eigenvalue weighted by molar-refractivity contribution is 9.10. The van der Waals surface area contributed by atoms with Gasteiger partial charge in [0.05, 0.1) is 22.4 Å². The zero-order chi connectivity index (χ0) is 15.0. The van der Waals surface area contributed by atoms with Gasteiger partial charge in [0.2, 0.25) is 5.95 Å². The number of likely N-dealkylation sites (N-methyl/N-ethyl adjacent to an activating group) is 1. The molecule has 110 valence electrons. The molecule has 0 saturated carbocycles. The van der Waals surface area contributed by atoms with E-state index in [1.807, 2.05) is 7.05 Å². The van der Waals surface area contributed by atoms with Crippen LogP contribution in [0.4, 0.5) is 11.6 Å². The molecule has 1 saturated heterocycles. The fourth-order valence-corrected chi connectivity index (χ4v) is 2.40. The summed E-state index contributed by atoms with van der Waals surface area (Å²) in [6.45, 7) is 1.65. The highest BCUT2D eigenvalue weighted by Crippen LogP contribution is 2.23. The SMILES string of the molecule is CN(c1ncc(Br)cn1)C1CN(c2cnn(C)c(=O)c2)C1. The van der Waals surface area contributed by atoms with Gasteiger partial charge in [0.25, 0.3) is 5.56 Å². The van der Waals surface area contributed by atoms with Crippen LogP contribution in [0.25, 0.3) is 0 Å². The number of anilines is 2. The van der Waals surface area contributed by atoms with E-state index >= 15 is 0 Å². The molecular formula is C13H15BrN6O. The summed E-state index contributed by atoms with van der Waals surface area (Å²) < 4.78 is 2.18. The highest BCUT2D eigenvalue weighted by atomic mass is 79.9. The first-order valence-corrected chi connectivity index (χ1v) is 7.32. The maximum atomic E-state index is 11.6. The summed E-state index contributed by atoms with van der Waals surface area (Å²) in [4.78, 5) is 24.3. The lowest BCUT2D eigenvalue weighted by atomic mass is 10.1. The molecule has 2 aromatic heterocycles. The average molecular weight is 351 g/mol. The molecule has 2 aromatic rings. The van der Waals surface area contributed by atoms with Crippen molar-refractivity contribution in [2.45, 2.75) is 6.04 Å². The monoisotopic (exact) mass is 350 g/mol. The maximum absolute atomic E-state index is 11.6. The van der Waals surface area contributed by atoms with Gasteiger partial charge in [0.1, 0.15) is 0 Å².